The lowest BCUT2D eigenvalue weighted by Crippen LogP contribution is -2.44. The number of aliphatic imine (C=N–C) groups is 1. The summed E-state index contributed by atoms with van der Waals surface area (Å²) in [4.78, 5) is 10.9. The number of hydrogen-bond acceptors (Lipinski definition) is 4. The van der Waals surface area contributed by atoms with Crippen LogP contribution in [0.5, 0.6) is 0 Å². The molecule has 1 aromatic heterocycles. The van der Waals surface area contributed by atoms with Crippen molar-refractivity contribution in [2.75, 3.05) is 26.7 Å². The maximum absolute atomic E-state index is 5.82. The molecule has 6 nitrogen and oxygen atoms in total. The van der Waals surface area contributed by atoms with E-state index in [1.165, 1.54) is 11.1 Å². The van der Waals surface area contributed by atoms with Gasteiger partial charge in [0.1, 0.15) is 5.15 Å². The van der Waals surface area contributed by atoms with Crippen molar-refractivity contribution in [3.05, 3.63) is 64.4 Å². The first-order valence-corrected chi connectivity index (χ1v) is 10.9. The van der Waals surface area contributed by atoms with Crippen LogP contribution in [0.2, 0.25) is 5.15 Å². The molecule has 2 N–H and O–H groups in total. The second-order valence-electron chi connectivity index (χ2n) is 7.86. The molecule has 2 heterocycles. The van der Waals surface area contributed by atoms with E-state index in [1.54, 1.807) is 13.2 Å². The van der Waals surface area contributed by atoms with Gasteiger partial charge in [0.15, 0.2) is 5.96 Å². The summed E-state index contributed by atoms with van der Waals surface area (Å²) in [5, 5.41) is 7.22. The fourth-order valence-electron chi connectivity index (χ4n) is 3.72. The van der Waals surface area contributed by atoms with Crippen molar-refractivity contribution in [3.63, 3.8) is 0 Å². The molecule has 0 aliphatic carbocycles. The van der Waals surface area contributed by atoms with Gasteiger partial charge in [-0.2, -0.15) is 0 Å². The number of guanidine groups is 1. The van der Waals surface area contributed by atoms with Crippen LogP contribution in [0, 0.1) is 0 Å². The molecule has 0 bridgehead atoms. The standard InChI is InChI=1S/C23H32ClN5O.HI/c1-17-14-29(15-18(2)30-17)16-21-6-4-19(5-7-21)13-28-23(25-3)26-11-10-20-8-9-22(24)27-12-20;/h4-9,12,17-18H,10-11,13-16H2,1-3H3,(H2,25,26,28);1H. The molecular formula is C23H33ClIN5O. The SMILES string of the molecule is CN=C(NCCc1ccc(Cl)nc1)NCc1ccc(CN2CC(C)OC(C)C2)cc1.I. The largest absolute Gasteiger partial charge is 0.373 e. The van der Waals surface area contributed by atoms with Crippen LogP contribution < -0.4 is 10.6 Å². The molecule has 170 valence electrons. The number of aromatic nitrogens is 1. The molecule has 0 saturated carbocycles. The second kappa shape index (κ2) is 13.2. The van der Waals surface area contributed by atoms with Crippen LogP contribution >= 0.6 is 35.6 Å². The summed E-state index contributed by atoms with van der Waals surface area (Å²) >= 11 is 5.82. The van der Waals surface area contributed by atoms with Crippen molar-refractivity contribution in [2.24, 2.45) is 4.99 Å². The third-order valence-electron chi connectivity index (χ3n) is 5.10. The average Bonchev–Trinajstić information content (AvgIpc) is 2.72. The van der Waals surface area contributed by atoms with Crippen molar-refractivity contribution in [3.8, 4) is 0 Å². The predicted octanol–water partition coefficient (Wildman–Crippen LogP) is 3.87. The Labute approximate surface area is 207 Å². The Bertz CT molecular complexity index is 806. The van der Waals surface area contributed by atoms with Gasteiger partial charge in [-0.3, -0.25) is 9.89 Å². The van der Waals surface area contributed by atoms with E-state index < -0.39 is 0 Å². The highest BCUT2D eigenvalue weighted by Crippen LogP contribution is 2.14. The van der Waals surface area contributed by atoms with Crippen molar-refractivity contribution in [1.29, 1.82) is 0 Å². The van der Waals surface area contributed by atoms with Crippen LogP contribution in [-0.2, 0) is 24.2 Å². The lowest BCUT2D eigenvalue weighted by Gasteiger charge is -2.35. The number of nitrogens with zero attached hydrogens (tertiary/aromatic N) is 3. The third kappa shape index (κ3) is 8.92. The molecule has 1 aromatic carbocycles. The minimum absolute atomic E-state index is 0. The van der Waals surface area contributed by atoms with E-state index in [2.05, 4.69) is 63.6 Å². The van der Waals surface area contributed by atoms with Crippen molar-refractivity contribution < 1.29 is 4.74 Å². The van der Waals surface area contributed by atoms with E-state index in [9.17, 15) is 0 Å². The van der Waals surface area contributed by atoms with E-state index in [0.29, 0.717) is 17.4 Å². The summed E-state index contributed by atoms with van der Waals surface area (Å²) in [7, 11) is 1.78. The maximum Gasteiger partial charge on any atom is 0.191 e. The van der Waals surface area contributed by atoms with E-state index >= 15 is 0 Å². The van der Waals surface area contributed by atoms with Crippen LogP contribution in [0.1, 0.15) is 30.5 Å². The van der Waals surface area contributed by atoms with E-state index in [-0.39, 0.29) is 24.0 Å². The monoisotopic (exact) mass is 557 g/mol. The molecule has 0 spiro atoms. The molecular weight excluding hydrogens is 525 g/mol. The zero-order valence-corrected chi connectivity index (χ0v) is 21.6. The minimum atomic E-state index is 0. The quantitative estimate of drug-likeness (QED) is 0.234. The lowest BCUT2D eigenvalue weighted by molar-refractivity contribution is -0.0704. The first-order valence-electron chi connectivity index (χ1n) is 10.5. The summed E-state index contributed by atoms with van der Waals surface area (Å²) in [5.74, 6) is 0.789. The van der Waals surface area contributed by atoms with Crippen LogP contribution in [0.3, 0.4) is 0 Å². The molecule has 1 aliphatic rings. The van der Waals surface area contributed by atoms with Crippen LogP contribution in [0.25, 0.3) is 0 Å². The topological polar surface area (TPSA) is 61.8 Å². The molecule has 2 aromatic rings. The number of rotatable bonds is 7. The zero-order chi connectivity index (χ0) is 21.3. The van der Waals surface area contributed by atoms with Crippen LogP contribution in [0.15, 0.2) is 47.6 Å². The number of nitrogens with one attached hydrogen (secondary N) is 2. The van der Waals surface area contributed by atoms with Gasteiger partial charge in [0.2, 0.25) is 0 Å². The normalized spacial score (nSPS) is 19.5. The predicted molar refractivity (Wildman–Crippen MR) is 138 cm³/mol. The van der Waals surface area contributed by atoms with Crippen molar-refractivity contribution in [2.45, 2.75) is 45.6 Å². The van der Waals surface area contributed by atoms with Gasteiger partial charge in [-0.25, -0.2) is 4.98 Å². The Morgan fingerprint density at radius 1 is 1.06 bits per heavy atom. The average molecular weight is 558 g/mol. The highest BCUT2D eigenvalue weighted by Gasteiger charge is 2.21. The summed E-state index contributed by atoms with van der Waals surface area (Å²) in [5.41, 5.74) is 3.70. The summed E-state index contributed by atoms with van der Waals surface area (Å²) in [6, 6.07) is 12.6. The van der Waals surface area contributed by atoms with Crippen molar-refractivity contribution >= 4 is 41.5 Å². The van der Waals surface area contributed by atoms with Gasteiger partial charge in [0, 0.05) is 46.0 Å². The fraction of sp³-hybridized carbons (Fsp3) is 0.478. The first kappa shape index (κ1) is 25.8. The molecule has 2 atom stereocenters. The number of halogens is 2. The molecule has 3 rings (SSSR count). The van der Waals surface area contributed by atoms with Gasteiger partial charge < -0.3 is 15.4 Å². The van der Waals surface area contributed by atoms with E-state index in [1.807, 2.05) is 12.1 Å². The Kier molecular flexibility index (Phi) is 11.0. The first-order chi connectivity index (χ1) is 14.5. The van der Waals surface area contributed by atoms with Gasteiger partial charge in [-0.05, 0) is 43.0 Å². The molecule has 0 amide bonds. The minimum Gasteiger partial charge on any atom is -0.373 e. The Morgan fingerprint density at radius 3 is 2.32 bits per heavy atom. The van der Waals surface area contributed by atoms with Crippen molar-refractivity contribution in [1.82, 2.24) is 20.5 Å². The van der Waals surface area contributed by atoms with E-state index in [0.717, 1.165) is 50.7 Å². The maximum atomic E-state index is 5.82. The highest BCUT2D eigenvalue weighted by molar-refractivity contribution is 14.0. The molecule has 0 radical (unpaired) electrons. The third-order valence-corrected chi connectivity index (χ3v) is 5.33. The van der Waals surface area contributed by atoms with Gasteiger partial charge in [0.25, 0.3) is 0 Å². The smallest absolute Gasteiger partial charge is 0.191 e. The molecule has 31 heavy (non-hydrogen) atoms. The molecule has 1 fully saturated rings. The number of hydrogen-bond donors (Lipinski definition) is 2. The zero-order valence-electron chi connectivity index (χ0n) is 18.5. The summed E-state index contributed by atoms with van der Waals surface area (Å²) in [6.45, 7) is 8.74. The fourth-order valence-corrected chi connectivity index (χ4v) is 3.83. The molecule has 1 aliphatic heterocycles. The Morgan fingerprint density at radius 2 is 1.71 bits per heavy atom. The van der Waals surface area contributed by atoms with Gasteiger partial charge >= 0.3 is 0 Å². The lowest BCUT2D eigenvalue weighted by atomic mass is 10.1. The summed E-state index contributed by atoms with van der Waals surface area (Å²) in [6.07, 6.45) is 3.26. The molecule has 8 heteroatoms. The number of benzene rings is 1. The number of morpholine rings is 1. The van der Waals surface area contributed by atoms with Crippen LogP contribution in [-0.4, -0.2) is 54.7 Å². The van der Waals surface area contributed by atoms with Gasteiger partial charge in [0.05, 0.1) is 12.2 Å². The van der Waals surface area contributed by atoms with Gasteiger partial charge in [-0.15, -0.1) is 24.0 Å². The Balaban J connectivity index is 0.00000341. The van der Waals surface area contributed by atoms with E-state index in [4.69, 9.17) is 16.3 Å². The van der Waals surface area contributed by atoms with Gasteiger partial charge in [-0.1, -0.05) is 41.9 Å². The molecule has 2 unspecified atom stereocenters. The van der Waals surface area contributed by atoms with Crippen LogP contribution in [0.4, 0.5) is 0 Å². The summed E-state index contributed by atoms with van der Waals surface area (Å²) < 4.78 is 5.82. The number of ether oxygens (including phenoxy) is 1. The highest BCUT2D eigenvalue weighted by atomic mass is 127. The second-order valence-corrected chi connectivity index (χ2v) is 8.25. The number of pyridine rings is 1. The molecule has 1 saturated heterocycles. The Hall–Kier alpha value is -1.42.